The number of amides is 1. The van der Waals surface area contributed by atoms with Gasteiger partial charge in [-0.05, 0) is 45.0 Å². The number of carbonyl (C=O) groups is 1. The quantitative estimate of drug-likeness (QED) is 0.708. The number of aromatic hydroxyl groups is 1. The zero-order chi connectivity index (χ0) is 14.4. The Hall–Kier alpha value is -1.59. The molecular formula is C15H22N2O3. The van der Waals surface area contributed by atoms with E-state index in [4.69, 9.17) is 4.74 Å². The van der Waals surface area contributed by atoms with Crippen molar-refractivity contribution in [3.8, 4) is 5.75 Å². The fourth-order valence-electron chi connectivity index (χ4n) is 2.32. The lowest BCUT2D eigenvalue weighted by atomic mass is 10.1. The SMILES string of the molecule is Cc1c(O)cccc1C(=O)NCCOC1CCNCC1. The summed E-state index contributed by atoms with van der Waals surface area (Å²) in [5.41, 5.74) is 1.11. The number of benzene rings is 1. The number of hydrogen-bond acceptors (Lipinski definition) is 4. The molecule has 2 rings (SSSR count). The summed E-state index contributed by atoms with van der Waals surface area (Å²) in [5, 5.41) is 15.7. The van der Waals surface area contributed by atoms with Gasteiger partial charge in [0.15, 0.2) is 0 Å². The third-order valence-corrected chi connectivity index (χ3v) is 3.58. The summed E-state index contributed by atoms with van der Waals surface area (Å²) in [7, 11) is 0. The van der Waals surface area contributed by atoms with Gasteiger partial charge in [-0.25, -0.2) is 0 Å². The zero-order valence-electron chi connectivity index (χ0n) is 11.8. The van der Waals surface area contributed by atoms with Crippen molar-refractivity contribution in [3.05, 3.63) is 29.3 Å². The molecule has 1 aliphatic rings. The highest BCUT2D eigenvalue weighted by atomic mass is 16.5. The summed E-state index contributed by atoms with van der Waals surface area (Å²) in [4.78, 5) is 12.0. The molecule has 1 amide bonds. The molecule has 5 heteroatoms. The van der Waals surface area contributed by atoms with Crippen LogP contribution in [0.3, 0.4) is 0 Å². The maximum Gasteiger partial charge on any atom is 0.251 e. The molecular weight excluding hydrogens is 256 g/mol. The summed E-state index contributed by atoms with van der Waals surface area (Å²) in [5.74, 6) is -0.0316. The molecule has 110 valence electrons. The Morgan fingerprint density at radius 2 is 2.20 bits per heavy atom. The summed E-state index contributed by atoms with van der Waals surface area (Å²) in [6.07, 6.45) is 2.36. The number of ether oxygens (including phenoxy) is 1. The van der Waals surface area contributed by atoms with E-state index >= 15 is 0 Å². The number of piperidine rings is 1. The lowest BCUT2D eigenvalue weighted by molar-refractivity contribution is 0.0343. The summed E-state index contributed by atoms with van der Waals surface area (Å²) < 4.78 is 5.72. The molecule has 5 nitrogen and oxygen atoms in total. The summed E-state index contributed by atoms with van der Waals surface area (Å²) >= 11 is 0. The Bertz CT molecular complexity index is 456. The molecule has 1 fully saturated rings. The maximum atomic E-state index is 12.0. The molecule has 0 unspecified atom stereocenters. The molecule has 1 aromatic carbocycles. The first-order valence-corrected chi connectivity index (χ1v) is 7.07. The van der Waals surface area contributed by atoms with Crippen molar-refractivity contribution in [2.45, 2.75) is 25.9 Å². The van der Waals surface area contributed by atoms with Gasteiger partial charge >= 0.3 is 0 Å². The van der Waals surface area contributed by atoms with Gasteiger partial charge in [-0.1, -0.05) is 6.07 Å². The monoisotopic (exact) mass is 278 g/mol. The van der Waals surface area contributed by atoms with Crippen LogP contribution in [0, 0.1) is 6.92 Å². The molecule has 0 aliphatic carbocycles. The fraction of sp³-hybridized carbons (Fsp3) is 0.533. The first kappa shape index (κ1) is 14.8. The summed E-state index contributed by atoms with van der Waals surface area (Å²) in [6.45, 7) is 4.74. The fourth-order valence-corrected chi connectivity index (χ4v) is 2.32. The Balaban J connectivity index is 1.73. The van der Waals surface area contributed by atoms with E-state index in [1.54, 1.807) is 25.1 Å². The molecule has 0 radical (unpaired) electrons. The van der Waals surface area contributed by atoms with E-state index in [9.17, 15) is 9.90 Å². The van der Waals surface area contributed by atoms with E-state index < -0.39 is 0 Å². The minimum absolute atomic E-state index is 0.142. The third kappa shape index (κ3) is 3.95. The molecule has 3 N–H and O–H groups in total. The van der Waals surface area contributed by atoms with Gasteiger partial charge in [-0.2, -0.15) is 0 Å². The number of carbonyl (C=O) groups excluding carboxylic acids is 1. The van der Waals surface area contributed by atoms with E-state index in [0.29, 0.717) is 30.4 Å². The molecule has 0 spiro atoms. The molecule has 0 bridgehead atoms. The average Bonchev–Trinajstić information content (AvgIpc) is 2.47. The molecule has 1 aliphatic heterocycles. The molecule has 1 saturated heterocycles. The normalized spacial score (nSPS) is 16.1. The van der Waals surface area contributed by atoms with Crippen LogP contribution in [0.15, 0.2) is 18.2 Å². The lowest BCUT2D eigenvalue weighted by Crippen LogP contribution is -2.34. The van der Waals surface area contributed by atoms with E-state index in [1.807, 2.05) is 0 Å². The predicted octanol–water partition coefficient (Wildman–Crippen LogP) is 1.20. The Labute approximate surface area is 119 Å². The topological polar surface area (TPSA) is 70.6 Å². The zero-order valence-corrected chi connectivity index (χ0v) is 11.8. The Morgan fingerprint density at radius 1 is 1.45 bits per heavy atom. The van der Waals surface area contributed by atoms with Gasteiger partial charge in [0.05, 0.1) is 12.7 Å². The van der Waals surface area contributed by atoms with Crippen LogP contribution in [0.1, 0.15) is 28.8 Å². The smallest absolute Gasteiger partial charge is 0.251 e. The second-order valence-electron chi connectivity index (χ2n) is 5.03. The predicted molar refractivity (Wildman–Crippen MR) is 77.0 cm³/mol. The van der Waals surface area contributed by atoms with Gasteiger partial charge in [-0.3, -0.25) is 4.79 Å². The molecule has 1 heterocycles. The number of nitrogens with one attached hydrogen (secondary N) is 2. The van der Waals surface area contributed by atoms with Crippen molar-refractivity contribution in [2.24, 2.45) is 0 Å². The van der Waals surface area contributed by atoms with Crippen molar-refractivity contribution < 1.29 is 14.6 Å². The van der Waals surface area contributed by atoms with Crippen LogP contribution in [0.4, 0.5) is 0 Å². The summed E-state index contributed by atoms with van der Waals surface area (Å²) in [6, 6.07) is 4.95. The van der Waals surface area contributed by atoms with Crippen molar-refractivity contribution in [3.63, 3.8) is 0 Å². The van der Waals surface area contributed by atoms with Crippen LogP contribution in [0.25, 0.3) is 0 Å². The van der Waals surface area contributed by atoms with Crippen molar-refractivity contribution >= 4 is 5.91 Å². The van der Waals surface area contributed by atoms with E-state index in [0.717, 1.165) is 25.9 Å². The molecule has 1 aromatic rings. The minimum atomic E-state index is -0.174. The highest BCUT2D eigenvalue weighted by Crippen LogP contribution is 2.19. The number of phenols is 1. The van der Waals surface area contributed by atoms with Gasteiger partial charge < -0.3 is 20.5 Å². The lowest BCUT2D eigenvalue weighted by Gasteiger charge is -2.23. The van der Waals surface area contributed by atoms with Gasteiger partial charge in [-0.15, -0.1) is 0 Å². The van der Waals surface area contributed by atoms with Crippen LogP contribution >= 0.6 is 0 Å². The minimum Gasteiger partial charge on any atom is -0.508 e. The van der Waals surface area contributed by atoms with Gasteiger partial charge in [0, 0.05) is 17.7 Å². The molecule has 0 saturated carbocycles. The first-order valence-electron chi connectivity index (χ1n) is 7.07. The van der Waals surface area contributed by atoms with Crippen LogP contribution in [0.5, 0.6) is 5.75 Å². The van der Waals surface area contributed by atoms with Gasteiger partial charge in [0.25, 0.3) is 5.91 Å². The highest BCUT2D eigenvalue weighted by Gasteiger charge is 2.14. The number of hydrogen-bond donors (Lipinski definition) is 3. The highest BCUT2D eigenvalue weighted by molar-refractivity contribution is 5.96. The second kappa shape index (κ2) is 7.26. The largest absolute Gasteiger partial charge is 0.508 e. The van der Waals surface area contributed by atoms with Crippen LogP contribution in [-0.2, 0) is 4.74 Å². The first-order chi connectivity index (χ1) is 9.68. The van der Waals surface area contributed by atoms with Crippen molar-refractivity contribution in [2.75, 3.05) is 26.2 Å². The van der Waals surface area contributed by atoms with Gasteiger partial charge in [0.2, 0.25) is 0 Å². The standard InChI is InChI=1S/C15H22N2O3/c1-11-13(3-2-4-14(11)18)15(19)17-9-10-20-12-5-7-16-8-6-12/h2-4,12,16,18H,5-10H2,1H3,(H,17,19). The third-order valence-electron chi connectivity index (χ3n) is 3.58. The Kier molecular flexibility index (Phi) is 5.38. The van der Waals surface area contributed by atoms with Gasteiger partial charge in [0.1, 0.15) is 5.75 Å². The Morgan fingerprint density at radius 3 is 2.95 bits per heavy atom. The van der Waals surface area contributed by atoms with E-state index in [2.05, 4.69) is 10.6 Å². The molecule has 0 aromatic heterocycles. The van der Waals surface area contributed by atoms with Crippen molar-refractivity contribution in [1.29, 1.82) is 0 Å². The van der Waals surface area contributed by atoms with Crippen LogP contribution in [0.2, 0.25) is 0 Å². The van der Waals surface area contributed by atoms with E-state index in [-0.39, 0.29) is 11.7 Å². The second-order valence-corrected chi connectivity index (χ2v) is 5.03. The molecule has 20 heavy (non-hydrogen) atoms. The van der Waals surface area contributed by atoms with Crippen LogP contribution < -0.4 is 10.6 Å². The maximum absolute atomic E-state index is 12.0. The van der Waals surface area contributed by atoms with Crippen molar-refractivity contribution in [1.82, 2.24) is 10.6 Å². The van der Waals surface area contributed by atoms with E-state index in [1.165, 1.54) is 0 Å². The number of phenolic OH excluding ortho intramolecular Hbond substituents is 1. The number of rotatable bonds is 5. The van der Waals surface area contributed by atoms with Crippen LogP contribution in [-0.4, -0.2) is 43.4 Å². The molecule has 0 atom stereocenters. The average molecular weight is 278 g/mol.